The van der Waals surface area contributed by atoms with Crippen molar-refractivity contribution in [1.29, 1.82) is 0 Å². The normalized spacial score (nSPS) is 19.6. The van der Waals surface area contributed by atoms with Crippen molar-refractivity contribution in [2.75, 3.05) is 12.3 Å². The number of nitrogens with two attached hydrogens (primary N) is 1. The van der Waals surface area contributed by atoms with E-state index in [9.17, 15) is 9.59 Å². The van der Waals surface area contributed by atoms with Crippen LogP contribution in [0.1, 0.15) is 16.8 Å². The summed E-state index contributed by atoms with van der Waals surface area (Å²) in [6, 6.07) is -0.167. The Bertz CT molecular complexity index is 439. The number of aryl methyl sites for hydroxylation is 1. The van der Waals surface area contributed by atoms with Gasteiger partial charge in [-0.2, -0.15) is 5.10 Å². The summed E-state index contributed by atoms with van der Waals surface area (Å²) in [6.45, 7) is 0.463. The third-order valence-electron chi connectivity index (χ3n) is 2.54. The van der Waals surface area contributed by atoms with E-state index < -0.39 is 0 Å². The number of anilines is 1. The minimum atomic E-state index is -0.299. The molecule has 0 spiro atoms. The van der Waals surface area contributed by atoms with E-state index in [4.69, 9.17) is 5.73 Å². The molecule has 1 aromatic heterocycles. The maximum atomic E-state index is 11.8. The van der Waals surface area contributed by atoms with E-state index in [1.807, 2.05) is 0 Å². The van der Waals surface area contributed by atoms with Crippen LogP contribution < -0.4 is 16.4 Å². The molecule has 2 amide bonds. The number of carbonyl (C=O) groups is 2. The van der Waals surface area contributed by atoms with Gasteiger partial charge in [-0.3, -0.25) is 14.3 Å². The van der Waals surface area contributed by atoms with Gasteiger partial charge in [-0.25, -0.2) is 0 Å². The maximum absolute atomic E-state index is 11.8. The summed E-state index contributed by atoms with van der Waals surface area (Å²) in [5.41, 5.74) is 6.00. The molecule has 1 atom stereocenters. The monoisotopic (exact) mass is 223 g/mol. The zero-order valence-corrected chi connectivity index (χ0v) is 8.86. The van der Waals surface area contributed by atoms with Crippen LogP contribution in [0.4, 0.5) is 5.82 Å². The van der Waals surface area contributed by atoms with Crippen molar-refractivity contribution in [3.63, 3.8) is 0 Å². The van der Waals surface area contributed by atoms with Gasteiger partial charge in [0.25, 0.3) is 5.91 Å². The molecule has 0 aromatic carbocycles. The lowest BCUT2D eigenvalue weighted by Gasteiger charge is -2.09. The van der Waals surface area contributed by atoms with E-state index in [-0.39, 0.29) is 17.9 Å². The third-order valence-corrected chi connectivity index (χ3v) is 2.54. The number of nitrogens with one attached hydrogen (secondary N) is 2. The van der Waals surface area contributed by atoms with E-state index in [1.54, 1.807) is 7.05 Å². The summed E-state index contributed by atoms with van der Waals surface area (Å²) < 4.78 is 1.42. The highest BCUT2D eigenvalue weighted by Crippen LogP contribution is 2.10. The summed E-state index contributed by atoms with van der Waals surface area (Å²) in [7, 11) is 1.66. The number of hydrogen-bond donors (Lipinski definition) is 3. The topological polar surface area (TPSA) is 102 Å². The van der Waals surface area contributed by atoms with Crippen LogP contribution in [0.2, 0.25) is 0 Å². The Kier molecular flexibility index (Phi) is 2.51. The molecule has 7 heteroatoms. The summed E-state index contributed by atoms with van der Waals surface area (Å²) >= 11 is 0. The quantitative estimate of drug-likeness (QED) is 0.575. The van der Waals surface area contributed by atoms with Gasteiger partial charge >= 0.3 is 0 Å². The lowest BCUT2D eigenvalue weighted by atomic mass is 10.2. The van der Waals surface area contributed by atoms with Crippen LogP contribution in [-0.2, 0) is 11.8 Å². The molecule has 1 aromatic rings. The van der Waals surface area contributed by atoms with Crippen molar-refractivity contribution in [2.45, 2.75) is 12.5 Å². The van der Waals surface area contributed by atoms with Crippen molar-refractivity contribution in [1.82, 2.24) is 20.4 Å². The van der Waals surface area contributed by atoms with E-state index in [0.717, 1.165) is 0 Å². The summed E-state index contributed by atoms with van der Waals surface area (Å²) in [4.78, 5) is 22.7. The molecule has 1 aliphatic heterocycles. The molecule has 4 N–H and O–H groups in total. The molecular formula is C9H13N5O2. The second-order valence-corrected chi connectivity index (χ2v) is 3.75. The van der Waals surface area contributed by atoms with E-state index in [1.165, 1.54) is 10.9 Å². The second-order valence-electron chi connectivity index (χ2n) is 3.75. The molecule has 1 aliphatic rings. The number of aromatic nitrogens is 2. The van der Waals surface area contributed by atoms with Crippen LogP contribution in [-0.4, -0.2) is 34.2 Å². The van der Waals surface area contributed by atoms with Crippen LogP contribution in [0, 0.1) is 0 Å². The summed E-state index contributed by atoms with van der Waals surface area (Å²) in [6.07, 6.45) is 1.72. The largest absolute Gasteiger partial charge is 0.383 e. The van der Waals surface area contributed by atoms with Gasteiger partial charge in [-0.15, -0.1) is 0 Å². The Hall–Kier alpha value is -2.05. The molecule has 1 unspecified atom stereocenters. The molecule has 1 fully saturated rings. The van der Waals surface area contributed by atoms with E-state index >= 15 is 0 Å². The first-order valence-electron chi connectivity index (χ1n) is 4.93. The second kappa shape index (κ2) is 3.84. The first kappa shape index (κ1) is 10.5. The fraction of sp³-hybridized carbons (Fsp3) is 0.444. The van der Waals surface area contributed by atoms with Gasteiger partial charge in [0, 0.05) is 20.0 Å². The molecule has 0 radical (unpaired) electrons. The van der Waals surface area contributed by atoms with Gasteiger partial charge in [0.15, 0.2) is 0 Å². The summed E-state index contributed by atoms with van der Waals surface area (Å²) in [5.74, 6) is -0.0358. The summed E-state index contributed by atoms with van der Waals surface area (Å²) in [5, 5.41) is 9.24. The van der Waals surface area contributed by atoms with Gasteiger partial charge in [0.05, 0.1) is 12.2 Å². The number of carbonyl (C=O) groups excluding carboxylic acids is 2. The van der Waals surface area contributed by atoms with Gasteiger partial charge in [-0.1, -0.05) is 0 Å². The first-order valence-corrected chi connectivity index (χ1v) is 4.93. The van der Waals surface area contributed by atoms with Crippen molar-refractivity contribution in [3.8, 4) is 0 Å². The Morgan fingerprint density at radius 1 is 1.75 bits per heavy atom. The minimum Gasteiger partial charge on any atom is -0.383 e. The number of amides is 2. The zero-order valence-electron chi connectivity index (χ0n) is 8.86. The van der Waals surface area contributed by atoms with E-state index in [2.05, 4.69) is 15.7 Å². The number of nitrogen functional groups attached to an aromatic ring is 1. The van der Waals surface area contributed by atoms with Crippen LogP contribution >= 0.6 is 0 Å². The number of hydrogen-bond acceptors (Lipinski definition) is 4. The molecule has 16 heavy (non-hydrogen) atoms. The van der Waals surface area contributed by atoms with Gasteiger partial charge in [0.2, 0.25) is 5.91 Å². The minimum absolute atomic E-state index is 0.0514. The van der Waals surface area contributed by atoms with Gasteiger partial charge < -0.3 is 16.4 Å². The Labute approximate surface area is 92.0 Å². The highest BCUT2D eigenvalue weighted by atomic mass is 16.2. The molecule has 0 saturated carbocycles. The van der Waals surface area contributed by atoms with Gasteiger partial charge in [-0.05, 0) is 0 Å². The predicted octanol–water partition coefficient (Wildman–Crippen LogP) is -1.38. The number of nitrogens with zero attached hydrogens (tertiary/aromatic N) is 2. The van der Waals surface area contributed by atoms with Crippen molar-refractivity contribution < 1.29 is 9.59 Å². The fourth-order valence-corrected chi connectivity index (χ4v) is 1.59. The Morgan fingerprint density at radius 3 is 3.00 bits per heavy atom. The maximum Gasteiger partial charge on any atom is 0.256 e. The van der Waals surface area contributed by atoms with Gasteiger partial charge in [0.1, 0.15) is 11.4 Å². The van der Waals surface area contributed by atoms with Crippen LogP contribution in [0.15, 0.2) is 6.20 Å². The average molecular weight is 223 g/mol. The standard InChI is InChI=1S/C9H13N5O2/c1-14-8(10)6(4-12-14)9(16)13-5-2-7(15)11-3-5/h4-5H,2-3,10H2,1H3,(H,11,15)(H,13,16). The van der Waals surface area contributed by atoms with Crippen molar-refractivity contribution in [2.24, 2.45) is 7.05 Å². The number of rotatable bonds is 2. The van der Waals surface area contributed by atoms with Crippen molar-refractivity contribution in [3.05, 3.63) is 11.8 Å². The molecule has 0 aliphatic carbocycles. The molecule has 7 nitrogen and oxygen atoms in total. The Morgan fingerprint density at radius 2 is 2.50 bits per heavy atom. The molecule has 2 rings (SSSR count). The molecule has 1 saturated heterocycles. The lowest BCUT2D eigenvalue weighted by Crippen LogP contribution is -2.36. The first-order chi connectivity index (χ1) is 7.58. The van der Waals surface area contributed by atoms with Crippen molar-refractivity contribution >= 4 is 17.6 Å². The van der Waals surface area contributed by atoms with E-state index in [0.29, 0.717) is 24.3 Å². The third kappa shape index (κ3) is 1.83. The molecule has 2 heterocycles. The smallest absolute Gasteiger partial charge is 0.256 e. The highest BCUT2D eigenvalue weighted by Gasteiger charge is 2.24. The molecular weight excluding hydrogens is 210 g/mol. The molecule has 0 bridgehead atoms. The average Bonchev–Trinajstić information content (AvgIpc) is 2.76. The lowest BCUT2D eigenvalue weighted by molar-refractivity contribution is -0.119. The predicted molar refractivity (Wildman–Crippen MR) is 56.5 cm³/mol. The SMILES string of the molecule is Cn1ncc(C(=O)NC2CNC(=O)C2)c1N. The highest BCUT2D eigenvalue weighted by molar-refractivity contribution is 5.98. The van der Waals surface area contributed by atoms with Crippen LogP contribution in [0.5, 0.6) is 0 Å². The molecule has 86 valence electrons. The van der Waals surface area contributed by atoms with Crippen LogP contribution in [0.25, 0.3) is 0 Å². The zero-order chi connectivity index (χ0) is 11.7. The Balaban J connectivity index is 2.03. The fourth-order valence-electron chi connectivity index (χ4n) is 1.59. The van der Waals surface area contributed by atoms with Crippen LogP contribution in [0.3, 0.4) is 0 Å².